The predicted molar refractivity (Wildman–Crippen MR) is 160 cm³/mol. The molecular weight excluding hydrogens is 514 g/mol. The van der Waals surface area contributed by atoms with Crippen molar-refractivity contribution in [3.8, 4) is 11.5 Å². The molecule has 6 nitrogen and oxygen atoms in total. The first-order valence-corrected chi connectivity index (χ1v) is 14.1. The van der Waals surface area contributed by atoms with Crippen LogP contribution < -0.4 is 9.47 Å². The molecule has 0 aromatic heterocycles. The molecule has 0 saturated heterocycles. The summed E-state index contributed by atoms with van der Waals surface area (Å²) in [6.07, 6.45) is 3.32. The number of hydrogen-bond acceptors (Lipinski definition) is 4. The Hall–Kier alpha value is -4.58. The normalized spacial score (nSPS) is 10.7. The number of rotatable bonds is 15. The summed E-state index contributed by atoms with van der Waals surface area (Å²) < 4.78 is 11.8. The Labute approximate surface area is 242 Å². The quantitative estimate of drug-likeness (QED) is 0.168. The smallest absolute Gasteiger partial charge is 0.305 e. The fraction of sp³-hybridized carbons (Fsp3) is 0.257. The molecule has 0 heterocycles. The van der Waals surface area contributed by atoms with Crippen molar-refractivity contribution in [3.63, 3.8) is 0 Å². The molecule has 1 amide bonds. The number of benzene rings is 4. The molecule has 0 aliphatic carbocycles. The Bertz CT molecular complexity index is 1370. The van der Waals surface area contributed by atoms with Gasteiger partial charge in [0.1, 0.15) is 24.7 Å². The standard InChI is InChI=1S/C35H37NO5/c1-2-3-7-27-10-12-30(13-11-27)26-41-33-20-16-31(17-21-33)35(39)36(23-22-34(37)38)24-28-14-18-32(19-15-28)40-25-29-8-5-4-6-9-29/h4-6,8-21H,2-3,7,22-26H2,1H3,(H,37,38). The Kier molecular flexibility index (Phi) is 11.0. The van der Waals surface area contributed by atoms with Crippen LogP contribution >= 0.6 is 0 Å². The number of nitrogens with zero attached hydrogens (tertiary/aromatic N) is 1. The van der Waals surface area contributed by atoms with E-state index in [0.717, 1.165) is 28.9 Å². The van der Waals surface area contributed by atoms with Crippen molar-refractivity contribution in [2.45, 2.75) is 52.4 Å². The van der Waals surface area contributed by atoms with Crippen LogP contribution in [0.15, 0.2) is 103 Å². The Morgan fingerprint density at radius 3 is 1.80 bits per heavy atom. The van der Waals surface area contributed by atoms with E-state index in [1.54, 1.807) is 29.2 Å². The van der Waals surface area contributed by atoms with Gasteiger partial charge in [-0.15, -0.1) is 0 Å². The first-order chi connectivity index (χ1) is 20.0. The van der Waals surface area contributed by atoms with Crippen LogP contribution in [-0.2, 0) is 31.0 Å². The Morgan fingerprint density at radius 2 is 1.22 bits per heavy atom. The van der Waals surface area contributed by atoms with Gasteiger partial charge < -0.3 is 19.5 Å². The molecule has 0 saturated carbocycles. The number of carboxylic acids is 1. The van der Waals surface area contributed by atoms with Crippen LogP contribution in [0.3, 0.4) is 0 Å². The number of carboxylic acid groups (broad SMARTS) is 1. The Balaban J connectivity index is 1.34. The number of carbonyl (C=O) groups excluding carboxylic acids is 1. The average molecular weight is 552 g/mol. The molecular formula is C35H37NO5. The van der Waals surface area contributed by atoms with Gasteiger partial charge in [0.15, 0.2) is 0 Å². The SMILES string of the molecule is CCCCc1ccc(COc2ccc(C(=O)N(CCC(=O)O)Cc3ccc(OCc4ccccc4)cc3)cc2)cc1. The molecule has 0 atom stereocenters. The van der Waals surface area contributed by atoms with Crippen LogP contribution in [0.1, 0.15) is 58.8 Å². The van der Waals surface area contributed by atoms with E-state index in [1.165, 1.54) is 18.4 Å². The van der Waals surface area contributed by atoms with E-state index in [1.807, 2.05) is 54.6 Å². The summed E-state index contributed by atoms with van der Waals surface area (Å²) in [6.45, 7) is 3.49. The van der Waals surface area contributed by atoms with E-state index in [0.29, 0.717) is 24.5 Å². The summed E-state index contributed by atoms with van der Waals surface area (Å²) in [7, 11) is 0. The highest BCUT2D eigenvalue weighted by Crippen LogP contribution is 2.19. The lowest BCUT2D eigenvalue weighted by Crippen LogP contribution is -2.32. The van der Waals surface area contributed by atoms with Crippen molar-refractivity contribution in [2.75, 3.05) is 6.54 Å². The van der Waals surface area contributed by atoms with Gasteiger partial charge in [0.05, 0.1) is 6.42 Å². The lowest BCUT2D eigenvalue weighted by molar-refractivity contribution is -0.137. The van der Waals surface area contributed by atoms with Gasteiger partial charge in [0.25, 0.3) is 5.91 Å². The zero-order chi connectivity index (χ0) is 28.9. The summed E-state index contributed by atoms with van der Waals surface area (Å²) in [5.74, 6) is 0.211. The van der Waals surface area contributed by atoms with Gasteiger partial charge >= 0.3 is 5.97 Å². The first-order valence-electron chi connectivity index (χ1n) is 14.1. The maximum absolute atomic E-state index is 13.4. The fourth-order valence-electron chi connectivity index (χ4n) is 4.36. The number of hydrogen-bond donors (Lipinski definition) is 1. The summed E-state index contributed by atoms with van der Waals surface area (Å²) in [4.78, 5) is 26.2. The molecule has 4 aromatic carbocycles. The van der Waals surface area contributed by atoms with Crippen molar-refractivity contribution >= 4 is 11.9 Å². The molecule has 212 valence electrons. The predicted octanol–water partition coefficient (Wildman–Crippen LogP) is 7.30. The third kappa shape index (κ3) is 9.53. The topological polar surface area (TPSA) is 76.1 Å². The van der Waals surface area contributed by atoms with Crippen molar-refractivity contribution in [1.82, 2.24) is 4.90 Å². The zero-order valence-electron chi connectivity index (χ0n) is 23.5. The minimum absolute atomic E-state index is 0.104. The maximum atomic E-state index is 13.4. The molecule has 6 heteroatoms. The van der Waals surface area contributed by atoms with Crippen LogP contribution in [0.4, 0.5) is 0 Å². The molecule has 0 fully saturated rings. The van der Waals surface area contributed by atoms with Gasteiger partial charge in [-0.2, -0.15) is 0 Å². The largest absolute Gasteiger partial charge is 0.489 e. The number of amides is 1. The minimum atomic E-state index is -0.949. The van der Waals surface area contributed by atoms with Gasteiger partial charge in [-0.05, 0) is 71.5 Å². The minimum Gasteiger partial charge on any atom is -0.489 e. The second-order valence-corrected chi connectivity index (χ2v) is 10.0. The molecule has 4 rings (SSSR count). The fourth-order valence-corrected chi connectivity index (χ4v) is 4.36. The number of carbonyl (C=O) groups is 2. The van der Waals surface area contributed by atoms with Crippen molar-refractivity contribution in [1.29, 1.82) is 0 Å². The highest BCUT2D eigenvalue weighted by Gasteiger charge is 2.18. The second-order valence-electron chi connectivity index (χ2n) is 10.0. The van der Waals surface area contributed by atoms with E-state index in [-0.39, 0.29) is 25.4 Å². The summed E-state index contributed by atoms with van der Waals surface area (Å²) in [5.41, 5.74) is 4.86. The summed E-state index contributed by atoms with van der Waals surface area (Å²) >= 11 is 0. The third-order valence-corrected chi connectivity index (χ3v) is 6.78. The molecule has 0 radical (unpaired) electrons. The molecule has 0 bridgehead atoms. The second kappa shape index (κ2) is 15.3. The van der Waals surface area contributed by atoms with E-state index in [4.69, 9.17) is 9.47 Å². The zero-order valence-corrected chi connectivity index (χ0v) is 23.5. The lowest BCUT2D eigenvalue weighted by atomic mass is 10.1. The molecule has 0 unspecified atom stereocenters. The molecule has 1 N–H and O–H groups in total. The summed E-state index contributed by atoms with van der Waals surface area (Å²) in [5, 5.41) is 9.24. The molecule has 0 spiro atoms. The average Bonchev–Trinajstić information content (AvgIpc) is 3.01. The van der Waals surface area contributed by atoms with Gasteiger partial charge in [0, 0.05) is 18.7 Å². The van der Waals surface area contributed by atoms with Crippen LogP contribution in [0, 0.1) is 0 Å². The van der Waals surface area contributed by atoms with E-state index >= 15 is 0 Å². The van der Waals surface area contributed by atoms with Crippen molar-refractivity contribution in [2.24, 2.45) is 0 Å². The highest BCUT2D eigenvalue weighted by atomic mass is 16.5. The van der Waals surface area contributed by atoms with Crippen molar-refractivity contribution < 1.29 is 24.2 Å². The number of aryl methyl sites for hydroxylation is 1. The summed E-state index contributed by atoms with van der Waals surface area (Å²) in [6, 6.07) is 32.9. The molecule has 4 aromatic rings. The van der Waals surface area contributed by atoms with Crippen LogP contribution in [-0.4, -0.2) is 28.4 Å². The van der Waals surface area contributed by atoms with Crippen LogP contribution in [0.2, 0.25) is 0 Å². The Morgan fingerprint density at radius 1 is 0.683 bits per heavy atom. The van der Waals surface area contributed by atoms with Crippen molar-refractivity contribution in [3.05, 3.63) is 131 Å². The third-order valence-electron chi connectivity index (χ3n) is 6.78. The molecule has 0 aliphatic rings. The van der Waals surface area contributed by atoms with Crippen LogP contribution in [0.25, 0.3) is 0 Å². The number of unbranched alkanes of at least 4 members (excludes halogenated alkanes) is 1. The first kappa shape index (κ1) is 29.4. The van der Waals surface area contributed by atoms with Gasteiger partial charge in [-0.3, -0.25) is 9.59 Å². The van der Waals surface area contributed by atoms with Crippen LogP contribution in [0.5, 0.6) is 11.5 Å². The van der Waals surface area contributed by atoms with Gasteiger partial charge in [-0.1, -0.05) is 80.1 Å². The lowest BCUT2D eigenvalue weighted by Gasteiger charge is -2.22. The van der Waals surface area contributed by atoms with Gasteiger partial charge in [0.2, 0.25) is 0 Å². The molecule has 41 heavy (non-hydrogen) atoms. The monoisotopic (exact) mass is 551 g/mol. The van der Waals surface area contributed by atoms with E-state index in [2.05, 4.69) is 31.2 Å². The molecule has 0 aliphatic heterocycles. The van der Waals surface area contributed by atoms with E-state index < -0.39 is 5.97 Å². The number of aliphatic carboxylic acids is 1. The van der Waals surface area contributed by atoms with Gasteiger partial charge in [-0.25, -0.2) is 0 Å². The highest BCUT2D eigenvalue weighted by molar-refractivity contribution is 5.94. The number of ether oxygens (including phenoxy) is 2. The maximum Gasteiger partial charge on any atom is 0.305 e. The van der Waals surface area contributed by atoms with E-state index in [9.17, 15) is 14.7 Å².